The lowest BCUT2D eigenvalue weighted by Gasteiger charge is -2.11. The maximum Gasteiger partial charge on any atom is 0.267 e. The monoisotopic (exact) mass is 435 g/mol. The average Bonchev–Trinajstić information content (AvgIpc) is 3.36. The standard InChI is InChI=1S/C23H18FN3O3S/c24-15-5-3-4-13(10-15)18-9-8-16(30-18)11-14(12-25)22(29)27-23-20(21(26)28)17-6-1-2-7-19(17)31-23/h3-5,8-11H,1-2,6-7H2,(H2,26,28)(H,27,29)/b14-11+. The summed E-state index contributed by atoms with van der Waals surface area (Å²) in [6.45, 7) is 0. The summed E-state index contributed by atoms with van der Waals surface area (Å²) in [6.07, 6.45) is 4.87. The van der Waals surface area contributed by atoms with Crippen LogP contribution in [-0.2, 0) is 17.6 Å². The number of carbonyl (C=O) groups excluding carboxylic acids is 2. The van der Waals surface area contributed by atoms with Crippen molar-refractivity contribution in [3.8, 4) is 17.4 Å². The Kier molecular flexibility index (Phi) is 5.69. The molecule has 6 nitrogen and oxygen atoms in total. The fourth-order valence-corrected chi connectivity index (χ4v) is 4.89. The minimum atomic E-state index is -0.660. The van der Waals surface area contributed by atoms with Gasteiger partial charge in [-0.2, -0.15) is 5.26 Å². The zero-order valence-corrected chi connectivity index (χ0v) is 17.2. The zero-order chi connectivity index (χ0) is 22.0. The zero-order valence-electron chi connectivity index (χ0n) is 16.4. The van der Waals surface area contributed by atoms with Gasteiger partial charge in [0.2, 0.25) is 0 Å². The Morgan fingerprint density at radius 3 is 2.77 bits per heavy atom. The number of amides is 2. The number of furan rings is 1. The molecule has 1 aromatic carbocycles. The molecule has 4 rings (SSSR count). The van der Waals surface area contributed by atoms with Crippen molar-refractivity contribution in [1.82, 2.24) is 0 Å². The van der Waals surface area contributed by atoms with Crippen molar-refractivity contribution in [2.45, 2.75) is 25.7 Å². The summed E-state index contributed by atoms with van der Waals surface area (Å²) in [7, 11) is 0. The third kappa shape index (κ3) is 4.27. The number of aryl methyl sites for hydroxylation is 1. The van der Waals surface area contributed by atoms with Gasteiger partial charge in [0.25, 0.3) is 11.8 Å². The number of nitrogens with one attached hydrogen (secondary N) is 1. The third-order valence-corrected chi connectivity index (χ3v) is 6.24. The largest absolute Gasteiger partial charge is 0.457 e. The Balaban J connectivity index is 1.59. The van der Waals surface area contributed by atoms with E-state index < -0.39 is 17.6 Å². The predicted octanol–water partition coefficient (Wildman–Crippen LogP) is 4.67. The molecule has 1 aliphatic carbocycles. The van der Waals surface area contributed by atoms with Crippen LogP contribution < -0.4 is 11.1 Å². The summed E-state index contributed by atoms with van der Waals surface area (Å²) in [4.78, 5) is 25.7. The molecule has 8 heteroatoms. The summed E-state index contributed by atoms with van der Waals surface area (Å²) in [5.41, 5.74) is 7.13. The number of benzene rings is 1. The molecule has 0 saturated heterocycles. The van der Waals surface area contributed by atoms with Crippen LogP contribution in [0, 0.1) is 17.1 Å². The van der Waals surface area contributed by atoms with Gasteiger partial charge < -0.3 is 15.5 Å². The Labute approximate surface area is 181 Å². The van der Waals surface area contributed by atoms with E-state index in [-0.39, 0.29) is 11.3 Å². The third-order valence-electron chi connectivity index (χ3n) is 5.03. The molecule has 2 heterocycles. The van der Waals surface area contributed by atoms with E-state index in [0.717, 1.165) is 36.1 Å². The van der Waals surface area contributed by atoms with Crippen molar-refractivity contribution < 1.29 is 18.4 Å². The van der Waals surface area contributed by atoms with Gasteiger partial charge in [0, 0.05) is 16.5 Å². The molecule has 0 fully saturated rings. The van der Waals surface area contributed by atoms with Crippen molar-refractivity contribution in [2.24, 2.45) is 5.73 Å². The number of halogens is 1. The number of fused-ring (bicyclic) bond motifs is 1. The highest BCUT2D eigenvalue weighted by atomic mass is 32.1. The number of nitriles is 1. The lowest BCUT2D eigenvalue weighted by Crippen LogP contribution is -2.19. The van der Waals surface area contributed by atoms with E-state index in [9.17, 15) is 19.2 Å². The first-order valence-electron chi connectivity index (χ1n) is 9.69. The van der Waals surface area contributed by atoms with Gasteiger partial charge >= 0.3 is 0 Å². The summed E-state index contributed by atoms with van der Waals surface area (Å²) >= 11 is 1.33. The predicted molar refractivity (Wildman–Crippen MR) is 116 cm³/mol. The van der Waals surface area contributed by atoms with Crippen molar-refractivity contribution in [3.63, 3.8) is 0 Å². The second-order valence-electron chi connectivity index (χ2n) is 7.12. The Morgan fingerprint density at radius 1 is 1.23 bits per heavy atom. The fraction of sp³-hybridized carbons (Fsp3) is 0.174. The van der Waals surface area contributed by atoms with Gasteiger partial charge in [-0.3, -0.25) is 9.59 Å². The summed E-state index contributed by atoms with van der Waals surface area (Å²) in [6, 6.07) is 11.0. The van der Waals surface area contributed by atoms with Gasteiger partial charge in [-0.05, 0) is 55.5 Å². The number of carbonyl (C=O) groups is 2. The molecule has 0 unspecified atom stereocenters. The van der Waals surface area contributed by atoms with Gasteiger partial charge in [-0.25, -0.2) is 4.39 Å². The van der Waals surface area contributed by atoms with Crippen LogP contribution in [0.2, 0.25) is 0 Å². The normalized spacial score (nSPS) is 13.4. The number of thiophene rings is 1. The van der Waals surface area contributed by atoms with Crippen LogP contribution in [0.3, 0.4) is 0 Å². The molecule has 156 valence electrons. The maximum atomic E-state index is 13.4. The van der Waals surface area contributed by atoms with Gasteiger partial charge in [0.1, 0.15) is 34.0 Å². The first kappa shape index (κ1) is 20.6. The van der Waals surface area contributed by atoms with Crippen molar-refractivity contribution in [2.75, 3.05) is 5.32 Å². The lowest BCUT2D eigenvalue weighted by atomic mass is 9.95. The van der Waals surface area contributed by atoms with Crippen LogP contribution in [0.5, 0.6) is 0 Å². The van der Waals surface area contributed by atoms with Crippen LogP contribution in [0.1, 0.15) is 39.4 Å². The number of hydrogen-bond acceptors (Lipinski definition) is 5. The van der Waals surface area contributed by atoms with E-state index in [1.807, 2.05) is 6.07 Å². The molecule has 0 saturated carbocycles. The van der Waals surface area contributed by atoms with Crippen LogP contribution in [0.15, 0.2) is 46.4 Å². The van der Waals surface area contributed by atoms with E-state index in [2.05, 4.69) is 5.32 Å². The first-order chi connectivity index (χ1) is 15.0. The number of nitrogens with two attached hydrogens (primary N) is 1. The number of nitrogens with zero attached hydrogens (tertiary/aromatic N) is 1. The number of primary amides is 1. The fourth-order valence-electron chi connectivity index (χ4n) is 3.60. The summed E-state index contributed by atoms with van der Waals surface area (Å²) in [5, 5.41) is 12.5. The van der Waals surface area contributed by atoms with Crippen molar-refractivity contribution >= 4 is 34.2 Å². The van der Waals surface area contributed by atoms with Crippen molar-refractivity contribution in [3.05, 3.63) is 69.6 Å². The van der Waals surface area contributed by atoms with E-state index in [1.165, 1.54) is 29.5 Å². The Morgan fingerprint density at radius 2 is 2.03 bits per heavy atom. The highest BCUT2D eigenvalue weighted by molar-refractivity contribution is 7.17. The summed E-state index contributed by atoms with van der Waals surface area (Å²) < 4.78 is 19.1. The summed E-state index contributed by atoms with van der Waals surface area (Å²) in [5.74, 6) is -0.973. The molecule has 0 spiro atoms. The molecule has 3 aromatic rings. The minimum absolute atomic E-state index is 0.193. The van der Waals surface area contributed by atoms with E-state index >= 15 is 0 Å². The highest BCUT2D eigenvalue weighted by Crippen LogP contribution is 2.38. The first-order valence-corrected chi connectivity index (χ1v) is 10.5. The van der Waals surface area contributed by atoms with Gasteiger partial charge in [0.15, 0.2) is 0 Å². The lowest BCUT2D eigenvalue weighted by molar-refractivity contribution is -0.112. The Hall–Kier alpha value is -3.70. The molecule has 0 atom stereocenters. The van der Waals surface area contributed by atoms with E-state index in [1.54, 1.807) is 24.3 Å². The van der Waals surface area contributed by atoms with E-state index in [4.69, 9.17) is 10.2 Å². The number of anilines is 1. The van der Waals surface area contributed by atoms with Crippen LogP contribution in [0.25, 0.3) is 17.4 Å². The second kappa shape index (κ2) is 8.58. The molecule has 0 radical (unpaired) electrons. The maximum absolute atomic E-state index is 13.4. The van der Waals surface area contributed by atoms with E-state index in [0.29, 0.717) is 21.9 Å². The molecule has 1 aliphatic rings. The molecular formula is C23H18FN3O3S. The quantitative estimate of drug-likeness (QED) is 0.448. The molecule has 0 aliphatic heterocycles. The van der Waals surface area contributed by atoms with Crippen LogP contribution in [0.4, 0.5) is 9.39 Å². The molecule has 2 aromatic heterocycles. The topological polar surface area (TPSA) is 109 Å². The van der Waals surface area contributed by atoms with Crippen LogP contribution >= 0.6 is 11.3 Å². The average molecular weight is 435 g/mol. The minimum Gasteiger partial charge on any atom is -0.457 e. The number of hydrogen-bond donors (Lipinski definition) is 2. The molecular weight excluding hydrogens is 417 g/mol. The Bertz CT molecular complexity index is 1250. The molecule has 0 bridgehead atoms. The molecule has 31 heavy (non-hydrogen) atoms. The second-order valence-corrected chi connectivity index (χ2v) is 8.22. The highest BCUT2D eigenvalue weighted by Gasteiger charge is 2.25. The van der Waals surface area contributed by atoms with Gasteiger partial charge in [-0.1, -0.05) is 12.1 Å². The SMILES string of the molecule is N#C/C(=C\c1ccc(-c2cccc(F)c2)o1)C(=O)Nc1sc2c(c1C(N)=O)CCCC2. The van der Waals surface area contributed by atoms with Gasteiger partial charge in [-0.15, -0.1) is 11.3 Å². The number of rotatable bonds is 5. The van der Waals surface area contributed by atoms with Crippen molar-refractivity contribution in [1.29, 1.82) is 5.26 Å². The smallest absolute Gasteiger partial charge is 0.267 e. The molecule has 3 N–H and O–H groups in total. The molecule has 2 amide bonds. The van der Waals surface area contributed by atoms with Crippen LogP contribution in [-0.4, -0.2) is 11.8 Å². The van der Waals surface area contributed by atoms with Gasteiger partial charge in [0.05, 0.1) is 5.56 Å².